The van der Waals surface area contributed by atoms with E-state index in [1.807, 2.05) is 0 Å². The van der Waals surface area contributed by atoms with Crippen LogP contribution in [0.2, 0.25) is 0 Å². The zero-order valence-electron chi connectivity index (χ0n) is 5.59. The molecule has 0 fully saturated rings. The maximum atomic E-state index is 9.08. The first-order valence-electron chi connectivity index (χ1n) is 3.11. The van der Waals surface area contributed by atoms with Crippen molar-refractivity contribution in [2.75, 3.05) is 0 Å². The van der Waals surface area contributed by atoms with Crippen molar-refractivity contribution >= 4 is 0 Å². The van der Waals surface area contributed by atoms with Crippen LogP contribution in [0, 0.1) is 11.8 Å². The predicted molar refractivity (Wildman–Crippen MR) is 40.0 cm³/mol. The molecule has 0 aromatic carbocycles. The van der Waals surface area contributed by atoms with Gasteiger partial charge in [-0.15, -0.1) is 0 Å². The molecule has 1 rings (SSSR count). The van der Waals surface area contributed by atoms with Crippen LogP contribution in [-0.4, -0.2) is 5.11 Å². The van der Waals surface area contributed by atoms with E-state index in [1.54, 1.807) is 12.2 Å². The molecule has 2 heteroatoms. The van der Waals surface area contributed by atoms with Gasteiger partial charge in [0.05, 0.1) is 5.70 Å². The van der Waals surface area contributed by atoms with Crippen LogP contribution in [0.15, 0.2) is 23.6 Å². The first-order valence-corrected chi connectivity index (χ1v) is 3.11. The maximum Gasteiger partial charge on any atom is 0.135 e. The fourth-order valence-electron chi connectivity index (χ4n) is 0.675. The Morgan fingerprint density at radius 2 is 1.90 bits per heavy atom. The minimum atomic E-state index is 0.147. The fourth-order valence-corrected chi connectivity index (χ4v) is 0.675. The van der Waals surface area contributed by atoms with E-state index in [0.717, 1.165) is 0 Å². The fraction of sp³-hybridized carbons (Fsp3) is 0.250. The molecular formula is C8H9NO. The third-order valence-electron chi connectivity index (χ3n) is 1.24. The summed E-state index contributed by atoms with van der Waals surface area (Å²) >= 11 is 0. The monoisotopic (exact) mass is 135 g/mol. The van der Waals surface area contributed by atoms with Crippen LogP contribution in [0.5, 0.6) is 0 Å². The number of aliphatic hydroxyl groups is 1. The third-order valence-corrected chi connectivity index (χ3v) is 1.24. The molecule has 2 nitrogen and oxygen atoms in total. The van der Waals surface area contributed by atoms with Crippen LogP contribution in [0.25, 0.3) is 0 Å². The van der Waals surface area contributed by atoms with Gasteiger partial charge in [0.2, 0.25) is 0 Å². The molecule has 0 bridgehead atoms. The summed E-state index contributed by atoms with van der Waals surface area (Å²) < 4.78 is 0. The van der Waals surface area contributed by atoms with Crippen molar-refractivity contribution in [2.24, 2.45) is 5.73 Å². The number of hydrogen-bond acceptors (Lipinski definition) is 2. The Hall–Kier alpha value is -1.36. The molecule has 1 aliphatic rings. The summed E-state index contributed by atoms with van der Waals surface area (Å²) in [5.41, 5.74) is 5.85. The third kappa shape index (κ3) is 1.56. The van der Waals surface area contributed by atoms with Crippen molar-refractivity contribution in [1.29, 1.82) is 0 Å². The molecule has 0 saturated carbocycles. The summed E-state index contributed by atoms with van der Waals surface area (Å²) in [7, 11) is 0. The second kappa shape index (κ2) is 2.98. The van der Waals surface area contributed by atoms with Crippen molar-refractivity contribution in [2.45, 2.75) is 12.8 Å². The highest BCUT2D eigenvalue weighted by Crippen LogP contribution is 2.03. The zero-order chi connectivity index (χ0) is 7.40. The lowest BCUT2D eigenvalue weighted by atomic mass is 10.2. The van der Waals surface area contributed by atoms with E-state index in [4.69, 9.17) is 10.8 Å². The second-order valence-electron chi connectivity index (χ2n) is 2.01. The van der Waals surface area contributed by atoms with Crippen LogP contribution >= 0.6 is 0 Å². The lowest BCUT2D eigenvalue weighted by Gasteiger charge is -1.98. The van der Waals surface area contributed by atoms with Gasteiger partial charge in [0.1, 0.15) is 5.76 Å². The van der Waals surface area contributed by atoms with E-state index in [9.17, 15) is 0 Å². The summed E-state index contributed by atoms with van der Waals surface area (Å²) in [4.78, 5) is 0. The van der Waals surface area contributed by atoms with Crippen molar-refractivity contribution in [1.82, 2.24) is 0 Å². The van der Waals surface area contributed by atoms with Gasteiger partial charge in [-0.05, 0) is 12.2 Å². The molecule has 0 radical (unpaired) electrons. The summed E-state index contributed by atoms with van der Waals surface area (Å²) in [5.74, 6) is 5.88. The Morgan fingerprint density at radius 3 is 2.60 bits per heavy atom. The highest BCUT2D eigenvalue weighted by atomic mass is 16.3. The van der Waals surface area contributed by atoms with E-state index < -0.39 is 0 Å². The highest BCUT2D eigenvalue weighted by Gasteiger charge is 1.95. The Labute approximate surface area is 60.0 Å². The number of nitrogens with two attached hydrogens (primary N) is 1. The van der Waals surface area contributed by atoms with Crippen LogP contribution < -0.4 is 5.73 Å². The average Bonchev–Trinajstić information content (AvgIpc) is 1.92. The van der Waals surface area contributed by atoms with E-state index in [-0.39, 0.29) is 5.76 Å². The van der Waals surface area contributed by atoms with Gasteiger partial charge >= 0.3 is 0 Å². The quantitative estimate of drug-likeness (QED) is 0.488. The van der Waals surface area contributed by atoms with E-state index in [1.165, 1.54) is 0 Å². The van der Waals surface area contributed by atoms with E-state index in [0.29, 0.717) is 18.5 Å². The van der Waals surface area contributed by atoms with Gasteiger partial charge in [0.25, 0.3) is 0 Å². The molecule has 52 valence electrons. The van der Waals surface area contributed by atoms with Crippen molar-refractivity contribution in [3.63, 3.8) is 0 Å². The normalized spacial score (nSPS) is 27.6. The van der Waals surface area contributed by atoms with Crippen LogP contribution in [-0.2, 0) is 0 Å². The van der Waals surface area contributed by atoms with Gasteiger partial charge in [-0.3, -0.25) is 0 Å². The number of hydrogen-bond donors (Lipinski definition) is 2. The molecule has 0 saturated heterocycles. The topological polar surface area (TPSA) is 46.2 Å². The summed E-state index contributed by atoms with van der Waals surface area (Å²) in [5, 5.41) is 9.08. The van der Waals surface area contributed by atoms with E-state index >= 15 is 0 Å². The number of allylic oxidation sites excluding steroid dienone is 2. The predicted octanol–water partition coefficient (Wildman–Crippen LogP) is 1.07. The molecule has 0 atom stereocenters. The highest BCUT2D eigenvalue weighted by molar-refractivity contribution is 5.26. The van der Waals surface area contributed by atoms with Gasteiger partial charge in [-0.1, -0.05) is 11.8 Å². The molecule has 0 aromatic rings. The standard InChI is InChI=1S/C8H9NO/c9-7-5-3-1-2-4-6-8(7)10/h5-6,10H,3-4,9H2/b7-5+,8-6+. The van der Waals surface area contributed by atoms with Gasteiger partial charge in [0.15, 0.2) is 0 Å². The zero-order valence-corrected chi connectivity index (χ0v) is 5.59. The largest absolute Gasteiger partial charge is 0.506 e. The van der Waals surface area contributed by atoms with Crippen LogP contribution in [0.1, 0.15) is 12.8 Å². The minimum Gasteiger partial charge on any atom is -0.506 e. The molecule has 0 aromatic heterocycles. The van der Waals surface area contributed by atoms with Gasteiger partial charge in [-0.25, -0.2) is 0 Å². The summed E-state index contributed by atoms with van der Waals surface area (Å²) in [6.07, 6.45) is 4.53. The lowest BCUT2D eigenvalue weighted by molar-refractivity contribution is 0.419. The van der Waals surface area contributed by atoms with Gasteiger partial charge in [0, 0.05) is 12.8 Å². The Kier molecular flexibility index (Phi) is 2.01. The molecule has 0 spiro atoms. The van der Waals surface area contributed by atoms with Gasteiger partial charge in [-0.2, -0.15) is 0 Å². The molecule has 0 heterocycles. The lowest BCUT2D eigenvalue weighted by Crippen LogP contribution is -2.00. The Morgan fingerprint density at radius 1 is 1.30 bits per heavy atom. The molecule has 0 amide bonds. The molecular weight excluding hydrogens is 126 g/mol. The molecule has 10 heavy (non-hydrogen) atoms. The first kappa shape index (κ1) is 6.76. The molecule has 3 N–H and O–H groups in total. The van der Waals surface area contributed by atoms with E-state index in [2.05, 4.69) is 11.8 Å². The summed E-state index contributed by atoms with van der Waals surface area (Å²) in [6.45, 7) is 0. The van der Waals surface area contributed by atoms with Crippen molar-refractivity contribution in [3.05, 3.63) is 23.6 Å². The first-order chi connectivity index (χ1) is 4.80. The molecule has 0 unspecified atom stereocenters. The number of rotatable bonds is 0. The minimum absolute atomic E-state index is 0.147. The van der Waals surface area contributed by atoms with Crippen molar-refractivity contribution in [3.8, 4) is 11.8 Å². The Balaban J connectivity index is 2.84. The number of aliphatic hydroxyl groups excluding tert-OH is 1. The van der Waals surface area contributed by atoms with Crippen LogP contribution in [0.4, 0.5) is 0 Å². The second-order valence-corrected chi connectivity index (χ2v) is 2.01. The van der Waals surface area contributed by atoms with Gasteiger partial charge < -0.3 is 10.8 Å². The van der Waals surface area contributed by atoms with Crippen molar-refractivity contribution < 1.29 is 5.11 Å². The summed E-state index contributed by atoms with van der Waals surface area (Å²) in [6, 6.07) is 0. The average molecular weight is 135 g/mol. The maximum absolute atomic E-state index is 9.08. The molecule has 0 aliphatic heterocycles. The molecule has 1 aliphatic carbocycles. The Bertz CT molecular complexity index is 216. The SMILES string of the molecule is NC1=C/CC#CC/C=C\1O. The smallest absolute Gasteiger partial charge is 0.135 e. The van der Waals surface area contributed by atoms with Crippen LogP contribution in [0.3, 0.4) is 0 Å².